The van der Waals surface area contributed by atoms with Crippen LogP contribution in [-0.2, 0) is 16.5 Å². The number of ether oxygens (including phenoxy) is 2. The van der Waals surface area contributed by atoms with Gasteiger partial charge in [0.15, 0.2) is 11.0 Å². The molecule has 1 aliphatic rings. The molecule has 0 bridgehead atoms. The Bertz CT molecular complexity index is 1220. The number of amides is 1. The third-order valence-corrected chi connectivity index (χ3v) is 7.79. The number of carbonyl (C=O) groups excluding carboxylic acids is 2. The van der Waals surface area contributed by atoms with E-state index in [9.17, 15) is 9.59 Å². The van der Waals surface area contributed by atoms with Gasteiger partial charge in [-0.15, -0.1) is 0 Å². The lowest BCUT2D eigenvalue weighted by molar-refractivity contribution is 0.0540. The average molecular weight is 527 g/mol. The summed E-state index contributed by atoms with van der Waals surface area (Å²) in [5.41, 5.74) is 1.32. The largest absolute Gasteiger partial charge is 0.465 e. The van der Waals surface area contributed by atoms with Crippen LogP contribution in [0.3, 0.4) is 0 Å². The number of halogens is 2. The van der Waals surface area contributed by atoms with Gasteiger partial charge in [0.2, 0.25) is 0 Å². The summed E-state index contributed by atoms with van der Waals surface area (Å²) in [6, 6.07) is -0.249. The number of aryl methyl sites for hydroxylation is 2. The average Bonchev–Trinajstić information content (AvgIpc) is 3.52. The minimum absolute atomic E-state index is 0.197. The lowest BCUT2D eigenvalue weighted by atomic mass is 10.0. The highest BCUT2D eigenvalue weighted by Crippen LogP contribution is 2.35. The number of rotatable bonds is 6. The van der Waals surface area contributed by atoms with Crippen molar-refractivity contribution in [3.05, 3.63) is 38.7 Å². The van der Waals surface area contributed by atoms with Crippen molar-refractivity contribution >= 4 is 51.5 Å². The van der Waals surface area contributed by atoms with Crippen LogP contribution in [0.5, 0.6) is 0 Å². The van der Waals surface area contributed by atoms with Gasteiger partial charge in [-0.2, -0.15) is 0 Å². The molecule has 13 heteroatoms. The second-order valence-corrected chi connectivity index (χ2v) is 9.60. The number of piperidine rings is 1. The van der Waals surface area contributed by atoms with Crippen molar-refractivity contribution < 1.29 is 19.1 Å². The predicted molar refractivity (Wildman–Crippen MR) is 130 cm³/mol. The maximum atomic E-state index is 12.8. The van der Waals surface area contributed by atoms with E-state index >= 15 is 0 Å². The Morgan fingerprint density at radius 2 is 2.06 bits per heavy atom. The van der Waals surface area contributed by atoms with Gasteiger partial charge in [-0.3, -0.25) is 4.79 Å². The number of nitrogens with one attached hydrogen (secondary N) is 2. The molecule has 4 heterocycles. The molecule has 1 amide bonds. The van der Waals surface area contributed by atoms with Crippen molar-refractivity contribution in [1.82, 2.24) is 24.8 Å². The molecule has 10 nitrogen and oxygen atoms in total. The van der Waals surface area contributed by atoms with Crippen LogP contribution < -0.4 is 10.2 Å². The highest BCUT2D eigenvalue weighted by Gasteiger charge is 2.34. The number of aromatic amines is 1. The molecule has 3 aromatic rings. The number of carbonyl (C=O) groups is 2. The number of hydrogen-bond donors (Lipinski definition) is 2. The topological polar surface area (TPSA) is 114 Å². The highest BCUT2D eigenvalue weighted by atomic mass is 35.5. The number of imidazole rings is 1. The highest BCUT2D eigenvalue weighted by molar-refractivity contribution is 7.17. The molecule has 2 N–H and O–H groups in total. The Balaban J connectivity index is 1.53. The fourth-order valence-corrected chi connectivity index (χ4v) is 5.31. The van der Waals surface area contributed by atoms with Crippen molar-refractivity contribution in [2.45, 2.75) is 25.5 Å². The SMILES string of the molecule is COC(=O)c1sc(N2CC[C@@H](NC(=O)c3[nH]c(C)c(Cl)c3Cl)[C@@H](OC)C2)nc1-c1nccn1C. The smallest absolute Gasteiger partial charge is 0.350 e. The van der Waals surface area contributed by atoms with Crippen molar-refractivity contribution in [2.75, 3.05) is 32.2 Å². The third-order valence-electron chi connectivity index (χ3n) is 5.75. The first-order valence-corrected chi connectivity index (χ1v) is 12.0. The van der Waals surface area contributed by atoms with Crippen molar-refractivity contribution in [3.63, 3.8) is 0 Å². The maximum absolute atomic E-state index is 12.8. The second kappa shape index (κ2) is 9.95. The summed E-state index contributed by atoms with van der Waals surface area (Å²) >= 11 is 13.5. The number of esters is 1. The van der Waals surface area contributed by atoms with Crippen LogP contribution in [0.4, 0.5) is 5.13 Å². The molecule has 3 aromatic heterocycles. The quantitative estimate of drug-likeness (QED) is 0.473. The molecule has 2 atom stereocenters. The first kappa shape index (κ1) is 24.5. The Kier molecular flexibility index (Phi) is 7.17. The van der Waals surface area contributed by atoms with Crippen LogP contribution in [0, 0.1) is 6.92 Å². The molecule has 1 saturated heterocycles. The number of nitrogens with zero attached hydrogens (tertiary/aromatic N) is 4. The van der Waals surface area contributed by atoms with E-state index in [4.69, 9.17) is 37.7 Å². The van der Waals surface area contributed by atoms with E-state index < -0.39 is 5.97 Å². The number of methoxy groups -OCH3 is 2. The van der Waals surface area contributed by atoms with Gasteiger partial charge in [-0.25, -0.2) is 14.8 Å². The standard InChI is InChI=1S/C21H24Cl2N6O4S/c1-10-13(22)14(23)15(25-10)19(30)26-11-5-7-29(9-12(11)32-3)21-27-16(17(34-21)20(31)33-4)18-24-6-8-28(18)2/h6,8,11-12,25H,5,7,9H2,1-4H3,(H,26,30)/t11-,12+/m1/s1. The van der Waals surface area contributed by atoms with Gasteiger partial charge in [0.1, 0.15) is 16.3 Å². The molecule has 0 aliphatic carbocycles. The lowest BCUT2D eigenvalue weighted by Gasteiger charge is -2.37. The third kappa shape index (κ3) is 4.52. The maximum Gasteiger partial charge on any atom is 0.350 e. The van der Waals surface area contributed by atoms with E-state index in [-0.39, 0.29) is 28.8 Å². The fraction of sp³-hybridized carbons (Fsp3) is 0.429. The Morgan fingerprint density at radius 3 is 2.65 bits per heavy atom. The van der Waals surface area contributed by atoms with E-state index in [2.05, 4.69) is 15.3 Å². The van der Waals surface area contributed by atoms with E-state index in [1.54, 1.807) is 31.0 Å². The molecule has 0 radical (unpaired) electrons. The van der Waals surface area contributed by atoms with Crippen molar-refractivity contribution in [3.8, 4) is 11.5 Å². The first-order valence-electron chi connectivity index (χ1n) is 10.4. The fourth-order valence-electron chi connectivity index (χ4n) is 3.88. The van der Waals surface area contributed by atoms with Gasteiger partial charge in [0.25, 0.3) is 5.91 Å². The summed E-state index contributed by atoms with van der Waals surface area (Å²) in [4.78, 5) is 39.6. The van der Waals surface area contributed by atoms with Crippen LogP contribution in [0.25, 0.3) is 11.5 Å². The molecule has 0 unspecified atom stereocenters. The van der Waals surface area contributed by atoms with Crippen molar-refractivity contribution in [1.29, 1.82) is 0 Å². The molecule has 0 spiro atoms. The van der Waals surface area contributed by atoms with Gasteiger partial charge >= 0.3 is 5.97 Å². The second-order valence-electron chi connectivity index (χ2n) is 7.87. The van der Waals surface area contributed by atoms with Crippen LogP contribution in [0.2, 0.25) is 10.0 Å². The molecule has 1 aliphatic heterocycles. The van der Waals surface area contributed by atoms with Gasteiger partial charge in [-0.1, -0.05) is 34.5 Å². The Hall–Kier alpha value is -2.60. The number of anilines is 1. The molecule has 34 heavy (non-hydrogen) atoms. The molecule has 1 fully saturated rings. The zero-order valence-electron chi connectivity index (χ0n) is 19.0. The molecule has 182 valence electrons. The number of thiazole rings is 1. The van der Waals surface area contributed by atoms with Gasteiger partial charge in [0.05, 0.1) is 29.3 Å². The van der Waals surface area contributed by atoms with E-state index in [1.807, 2.05) is 11.9 Å². The monoisotopic (exact) mass is 526 g/mol. The lowest BCUT2D eigenvalue weighted by Crippen LogP contribution is -2.55. The van der Waals surface area contributed by atoms with Gasteiger partial charge in [0, 0.05) is 45.3 Å². The molecular formula is C21H24Cl2N6O4S. The zero-order chi connectivity index (χ0) is 24.6. The summed E-state index contributed by atoms with van der Waals surface area (Å²) in [6.07, 6.45) is 3.72. The van der Waals surface area contributed by atoms with Crippen LogP contribution >= 0.6 is 34.5 Å². The number of aromatic nitrogens is 4. The minimum atomic E-state index is -0.469. The summed E-state index contributed by atoms with van der Waals surface area (Å²) in [7, 11) is 4.77. The summed E-state index contributed by atoms with van der Waals surface area (Å²) in [5.74, 6) is -0.242. The summed E-state index contributed by atoms with van der Waals surface area (Å²) in [6.45, 7) is 2.81. The predicted octanol–water partition coefficient (Wildman–Crippen LogP) is 3.30. The minimum Gasteiger partial charge on any atom is -0.465 e. The van der Waals surface area contributed by atoms with Crippen LogP contribution in [0.1, 0.15) is 32.3 Å². The normalized spacial score (nSPS) is 18.2. The number of hydrogen-bond acceptors (Lipinski definition) is 8. The Labute approximate surface area is 210 Å². The van der Waals surface area contributed by atoms with Crippen LogP contribution in [0.15, 0.2) is 12.4 Å². The summed E-state index contributed by atoms with van der Waals surface area (Å²) < 4.78 is 12.4. The zero-order valence-corrected chi connectivity index (χ0v) is 21.3. The Morgan fingerprint density at radius 1 is 1.29 bits per heavy atom. The summed E-state index contributed by atoms with van der Waals surface area (Å²) in [5, 5.41) is 4.18. The molecular weight excluding hydrogens is 503 g/mol. The molecule has 4 rings (SSSR count). The van der Waals surface area contributed by atoms with Crippen molar-refractivity contribution in [2.24, 2.45) is 7.05 Å². The number of H-pyrrole nitrogens is 1. The van der Waals surface area contributed by atoms with Gasteiger partial charge in [-0.05, 0) is 13.3 Å². The first-order chi connectivity index (χ1) is 16.2. The van der Waals surface area contributed by atoms with Crippen LogP contribution in [-0.4, -0.2) is 70.9 Å². The van der Waals surface area contributed by atoms with E-state index in [1.165, 1.54) is 18.4 Å². The molecule has 0 aromatic carbocycles. The van der Waals surface area contributed by atoms with E-state index in [0.717, 1.165) is 0 Å². The van der Waals surface area contributed by atoms with Gasteiger partial charge < -0.3 is 29.2 Å². The molecule has 0 saturated carbocycles. The van der Waals surface area contributed by atoms with E-state index in [0.29, 0.717) is 51.8 Å².